The second kappa shape index (κ2) is 17.6. The third kappa shape index (κ3) is 10.6. The Labute approximate surface area is 289 Å². The van der Waals surface area contributed by atoms with Crippen LogP contribution in [0.5, 0.6) is 0 Å². The van der Waals surface area contributed by atoms with E-state index in [-0.39, 0.29) is 19.7 Å². The lowest BCUT2D eigenvalue weighted by Crippen LogP contribution is -2.51. The molecule has 9 nitrogen and oxygen atoms in total. The van der Waals surface area contributed by atoms with Gasteiger partial charge in [-0.15, -0.1) is 0 Å². The van der Waals surface area contributed by atoms with E-state index < -0.39 is 62.3 Å². The third-order valence-electron chi connectivity index (χ3n) is 9.28. The number of carbonyl (C=O) groups excluding carboxylic acids is 1. The number of nitrogens with two attached hydrogens (primary N) is 1. The molecule has 12 heteroatoms. The summed E-state index contributed by atoms with van der Waals surface area (Å²) in [6, 6.07) is 13.5. The van der Waals surface area contributed by atoms with Crippen molar-refractivity contribution < 1.29 is 31.8 Å². The molecule has 1 saturated carbocycles. The maximum absolute atomic E-state index is 13.9. The third-order valence-corrected chi connectivity index (χ3v) is 11.5. The lowest BCUT2D eigenvalue weighted by Gasteiger charge is -2.36. The van der Waals surface area contributed by atoms with Gasteiger partial charge in [-0.2, -0.15) is 0 Å². The van der Waals surface area contributed by atoms with Crippen LogP contribution in [0.1, 0.15) is 86.3 Å². The molecular weight excluding hydrogens is 650 g/mol. The van der Waals surface area contributed by atoms with Crippen LogP contribution < -0.4 is 11.1 Å². The Hall–Kier alpha value is -3.29. The maximum atomic E-state index is 13.9. The zero-order valence-corrected chi connectivity index (χ0v) is 29.5. The fourth-order valence-corrected chi connectivity index (χ4v) is 8.44. The molecule has 4 N–H and O–H groups in total. The molecule has 0 saturated heterocycles. The average molecular weight is 701 g/mol. The van der Waals surface area contributed by atoms with Crippen molar-refractivity contribution in [1.82, 2.24) is 15.2 Å². The lowest BCUT2D eigenvalue weighted by molar-refractivity contribution is -0.0645. The monoisotopic (exact) mass is 700 g/mol. The number of aromatic nitrogens is 1. The number of nitrogens with zero attached hydrogens (tertiary/aromatic N) is 2. The van der Waals surface area contributed by atoms with E-state index in [1.54, 1.807) is 0 Å². The largest absolute Gasteiger partial charge is 0.390 e. The normalized spacial score (nSPS) is 16.0. The van der Waals surface area contributed by atoms with Crippen LogP contribution in [0.4, 0.5) is 8.78 Å². The molecule has 3 aromatic rings. The number of aryl methyl sites for hydroxylation is 1. The zero-order chi connectivity index (χ0) is 35.6. The summed E-state index contributed by atoms with van der Waals surface area (Å²) in [6.45, 7) is 5.86. The highest BCUT2D eigenvalue weighted by Crippen LogP contribution is 2.51. The summed E-state index contributed by atoms with van der Waals surface area (Å²) in [5, 5.41) is 13.6. The van der Waals surface area contributed by atoms with Crippen LogP contribution in [-0.2, 0) is 33.0 Å². The van der Waals surface area contributed by atoms with Gasteiger partial charge in [0.15, 0.2) is 9.84 Å². The molecule has 2 aromatic carbocycles. The van der Waals surface area contributed by atoms with Gasteiger partial charge in [-0.05, 0) is 79.5 Å². The minimum absolute atomic E-state index is 0.0291. The Balaban J connectivity index is 1.62. The molecule has 0 spiro atoms. The van der Waals surface area contributed by atoms with E-state index in [0.717, 1.165) is 36.5 Å². The predicted octanol–water partition coefficient (Wildman–Crippen LogP) is 5.26. The van der Waals surface area contributed by atoms with Gasteiger partial charge in [0.2, 0.25) is 0 Å². The number of ether oxygens (including phenoxy) is 1. The van der Waals surface area contributed by atoms with Crippen LogP contribution in [0.25, 0.3) is 0 Å². The van der Waals surface area contributed by atoms with E-state index in [2.05, 4.69) is 23.3 Å². The molecule has 268 valence electrons. The highest BCUT2D eigenvalue weighted by molar-refractivity contribution is 7.92. The minimum atomic E-state index is -3.68. The molecule has 4 rings (SSSR count). The number of sulfone groups is 1. The fraction of sp³-hybridized carbons (Fsp3) is 0.514. The van der Waals surface area contributed by atoms with E-state index >= 15 is 0 Å². The van der Waals surface area contributed by atoms with Gasteiger partial charge in [-0.3, -0.25) is 14.7 Å². The van der Waals surface area contributed by atoms with Crippen LogP contribution in [0, 0.1) is 11.6 Å². The zero-order valence-electron chi connectivity index (χ0n) is 28.7. The summed E-state index contributed by atoms with van der Waals surface area (Å²) >= 11 is 0. The molecule has 49 heavy (non-hydrogen) atoms. The number of pyridine rings is 1. The van der Waals surface area contributed by atoms with Gasteiger partial charge in [0.1, 0.15) is 24.6 Å². The van der Waals surface area contributed by atoms with E-state index in [1.165, 1.54) is 36.7 Å². The van der Waals surface area contributed by atoms with E-state index in [9.17, 15) is 27.1 Å². The van der Waals surface area contributed by atoms with Crippen molar-refractivity contribution in [2.75, 3.05) is 19.0 Å². The second-order valence-corrected chi connectivity index (χ2v) is 15.4. The molecule has 3 atom stereocenters. The molecule has 0 bridgehead atoms. The average Bonchev–Trinajstić information content (AvgIpc) is 3.88. The molecule has 1 unspecified atom stereocenters. The van der Waals surface area contributed by atoms with Crippen LogP contribution in [0.3, 0.4) is 0 Å². The predicted molar refractivity (Wildman–Crippen MR) is 186 cm³/mol. The smallest absolute Gasteiger partial charge is 0.253 e. The molecule has 1 aromatic heterocycles. The first-order valence-corrected chi connectivity index (χ1v) is 18.9. The summed E-state index contributed by atoms with van der Waals surface area (Å²) < 4.78 is 61.5. The minimum Gasteiger partial charge on any atom is -0.390 e. The van der Waals surface area contributed by atoms with E-state index in [0.29, 0.717) is 36.8 Å². The summed E-state index contributed by atoms with van der Waals surface area (Å²) in [7, 11) is -3.68. The van der Waals surface area contributed by atoms with Gasteiger partial charge in [-0.25, -0.2) is 17.2 Å². The van der Waals surface area contributed by atoms with Gasteiger partial charge in [0, 0.05) is 42.1 Å². The first kappa shape index (κ1) is 38.5. The van der Waals surface area contributed by atoms with Gasteiger partial charge < -0.3 is 20.9 Å². The molecule has 1 aliphatic carbocycles. The molecule has 1 amide bonds. The van der Waals surface area contributed by atoms with Crippen LogP contribution >= 0.6 is 0 Å². The number of carbonyl (C=O) groups is 1. The summed E-state index contributed by atoms with van der Waals surface area (Å²) in [5.74, 6) is -2.38. The number of nitrogens with one attached hydrogen (secondary N) is 1. The van der Waals surface area contributed by atoms with Crippen LogP contribution in [-0.4, -0.2) is 72.0 Å². The summed E-state index contributed by atoms with van der Waals surface area (Å²) in [6.07, 6.45) is 5.41. The van der Waals surface area contributed by atoms with Crippen LogP contribution in [0.15, 0.2) is 67.0 Å². The summed E-state index contributed by atoms with van der Waals surface area (Å²) in [4.78, 5) is 19.2. The standard InChI is InChI=1S/C37H50F2N4O5S/c1-4-8-32(9-5-2)49(46,47)24-35(42-36(45)28-12-16-41-17-13-28)48-25-43(37(14-15-37)29-11-7-10-26(6-3)18-29)23-34(44)33(40)21-27-19-30(38)22-31(39)20-27/h7,10-13,16-20,22,32-35,44H,4-6,8-9,14-15,21,23-25,40H2,1-3H3,(H,42,45)/t33-,34+,35?/m0/s1. The Kier molecular flexibility index (Phi) is 13.8. The van der Waals surface area contributed by atoms with Gasteiger partial charge in [0.05, 0.1) is 17.1 Å². The van der Waals surface area contributed by atoms with Crippen molar-refractivity contribution in [2.24, 2.45) is 5.73 Å². The van der Waals surface area contributed by atoms with Crippen molar-refractivity contribution in [3.8, 4) is 0 Å². The topological polar surface area (TPSA) is 135 Å². The second-order valence-electron chi connectivity index (χ2n) is 13.0. The maximum Gasteiger partial charge on any atom is 0.253 e. The number of hydrogen-bond donors (Lipinski definition) is 3. The number of amides is 1. The summed E-state index contributed by atoms with van der Waals surface area (Å²) in [5.41, 5.74) is 8.67. The van der Waals surface area contributed by atoms with Crippen molar-refractivity contribution in [2.45, 2.75) is 101 Å². The Bertz CT molecular complexity index is 1600. The number of aliphatic hydroxyl groups excluding tert-OH is 1. The SMILES string of the molecule is CCCC(CCC)S(=O)(=O)CC(NC(=O)c1ccncc1)OCN(C[C@@H](O)[C@@H](N)Cc1cc(F)cc(F)c1)C1(c2cccc(CC)c2)CC1. The van der Waals surface area contributed by atoms with E-state index in [1.807, 2.05) is 36.9 Å². The number of hydrogen-bond acceptors (Lipinski definition) is 8. The molecule has 0 aliphatic heterocycles. The van der Waals surface area contributed by atoms with Gasteiger partial charge in [0.25, 0.3) is 5.91 Å². The number of aliphatic hydroxyl groups is 1. The number of halogens is 2. The molecular formula is C37H50F2N4O5S. The molecule has 1 heterocycles. The van der Waals surface area contributed by atoms with Crippen LogP contribution in [0.2, 0.25) is 0 Å². The quantitative estimate of drug-likeness (QED) is 0.136. The van der Waals surface area contributed by atoms with Gasteiger partial charge >= 0.3 is 0 Å². The van der Waals surface area contributed by atoms with Crippen molar-refractivity contribution in [3.63, 3.8) is 0 Å². The highest BCUT2D eigenvalue weighted by Gasteiger charge is 2.50. The molecule has 1 fully saturated rings. The number of benzene rings is 2. The Morgan fingerprint density at radius 3 is 2.27 bits per heavy atom. The Morgan fingerprint density at radius 1 is 1.02 bits per heavy atom. The van der Waals surface area contributed by atoms with E-state index in [4.69, 9.17) is 10.5 Å². The lowest BCUT2D eigenvalue weighted by atomic mass is 9.97. The number of rotatable bonds is 20. The first-order chi connectivity index (χ1) is 23.4. The molecule has 0 radical (unpaired) electrons. The van der Waals surface area contributed by atoms with Crippen molar-refractivity contribution >= 4 is 15.7 Å². The first-order valence-electron chi connectivity index (χ1n) is 17.2. The highest BCUT2D eigenvalue weighted by atomic mass is 32.2. The fourth-order valence-electron chi connectivity index (χ4n) is 6.37. The molecule has 1 aliphatic rings. The van der Waals surface area contributed by atoms with Gasteiger partial charge in [-0.1, -0.05) is 57.9 Å². The van der Waals surface area contributed by atoms with Crippen molar-refractivity contribution in [3.05, 3.63) is 101 Å². The van der Waals surface area contributed by atoms with Crippen molar-refractivity contribution in [1.29, 1.82) is 0 Å². The Morgan fingerprint density at radius 2 is 1.67 bits per heavy atom.